The molecule has 0 atom stereocenters. The summed E-state index contributed by atoms with van der Waals surface area (Å²) in [4.78, 5) is 0. The molecular weight excluding hydrogens is 302 g/mol. The van der Waals surface area contributed by atoms with E-state index < -0.39 is 0 Å². The van der Waals surface area contributed by atoms with E-state index in [1.807, 2.05) is 18.2 Å². The molecule has 2 aromatic rings. The average Bonchev–Trinajstić information content (AvgIpc) is 2.40. The van der Waals surface area contributed by atoms with Gasteiger partial charge in [0.2, 0.25) is 0 Å². The standard InChI is InChI=1S/C16H18BrNO/c1-12-4-2-3-5-14(12)11-19-16-7-6-13(8-9-18)10-15(16)17/h2-7,10H,8-9,11,18H2,1H3. The zero-order valence-corrected chi connectivity index (χ0v) is 12.6. The zero-order valence-electron chi connectivity index (χ0n) is 11.0. The Hall–Kier alpha value is -1.32. The second kappa shape index (κ2) is 6.73. The Labute approximate surface area is 122 Å². The summed E-state index contributed by atoms with van der Waals surface area (Å²) < 4.78 is 6.84. The van der Waals surface area contributed by atoms with Gasteiger partial charge in [0.05, 0.1) is 4.47 Å². The van der Waals surface area contributed by atoms with Crippen LogP contribution in [0.5, 0.6) is 5.75 Å². The van der Waals surface area contributed by atoms with Gasteiger partial charge in [0.1, 0.15) is 12.4 Å². The molecule has 0 heterocycles. The van der Waals surface area contributed by atoms with E-state index in [4.69, 9.17) is 10.5 Å². The summed E-state index contributed by atoms with van der Waals surface area (Å²) in [7, 11) is 0. The number of aryl methyl sites for hydroxylation is 1. The van der Waals surface area contributed by atoms with Crippen molar-refractivity contribution in [2.75, 3.05) is 6.54 Å². The highest BCUT2D eigenvalue weighted by Gasteiger charge is 2.04. The highest BCUT2D eigenvalue weighted by molar-refractivity contribution is 9.10. The molecule has 0 aliphatic carbocycles. The van der Waals surface area contributed by atoms with Gasteiger partial charge in [-0.2, -0.15) is 0 Å². The monoisotopic (exact) mass is 319 g/mol. The largest absolute Gasteiger partial charge is 0.488 e. The lowest BCUT2D eigenvalue weighted by atomic mass is 10.1. The molecule has 0 unspecified atom stereocenters. The van der Waals surface area contributed by atoms with Crippen LogP contribution in [-0.2, 0) is 13.0 Å². The average molecular weight is 320 g/mol. The van der Waals surface area contributed by atoms with Crippen LogP contribution >= 0.6 is 15.9 Å². The van der Waals surface area contributed by atoms with E-state index in [-0.39, 0.29) is 0 Å². The SMILES string of the molecule is Cc1ccccc1COc1ccc(CCN)cc1Br. The van der Waals surface area contributed by atoms with Gasteiger partial charge in [-0.3, -0.25) is 0 Å². The van der Waals surface area contributed by atoms with Crippen LogP contribution in [0.1, 0.15) is 16.7 Å². The van der Waals surface area contributed by atoms with Gasteiger partial charge in [-0.05, 0) is 64.6 Å². The Morgan fingerprint density at radius 1 is 1.16 bits per heavy atom. The summed E-state index contributed by atoms with van der Waals surface area (Å²) in [6.45, 7) is 3.34. The van der Waals surface area contributed by atoms with Crippen LogP contribution < -0.4 is 10.5 Å². The van der Waals surface area contributed by atoms with Crippen molar-refractivity contribution in [2.24, 2.45) is 5.73 Å². The molecule has 0 saturated carbocycles. The predicted octanol–water partition coefficient (Wildman–Crippen LogP) is 3.84. The van der Waals surface area contributed by atoms with Crippen LogP contribution in [0.4, 0.5) is 0 Å². The Morgan fingerprint density at radius 2 is 1.95 bits per heavy atom. The first-order valence-corrected chi connectivity index (χ1v) is 7.16. The number of hydrogen-bond acceptors (Lipinski definition) is 2. The molecule has 0 aromatic heterocycles. The summed E-state index contributed by atoms with van der Waals surface area (Å²) in [5.41, 5.74) is 9.23. The number of nitrogens with two attached hydrogens (primary N) is 1. The molecule has 0 bridgehead atoms. The second-order valence-electron chi connectivity index (χ2n) is 4.52. The first-order valence-electron chi connectivity index (χ1n) is 6.36. The molecule has 0 aliphatic rings. The van der Waals surface area contributed by atoms with E-state index in [1.165, 1.54) is 16.7 Å². The van der Waals surface area contributed by atoms with Crippen molar-refractivity contribution in [3.8, 4) is 5.75 Å². The third kappa shape index (κ3) is 3.82. The van der Waals surface area contributed by atoms with Gasteiger partial charge in [0, 0.05) is 0 Å². The lowest BCUT2D eigenvalue weighted by molar-refractivity contribution is 0.303. The van der Waals surface area contributed by atoms with E-state index in [0.717, 1.165) is 16.6 Å². The van der Waals surface area contributed by atoms with E-state index in [2.05, 4.69) is 47.1 Å². The molecule has 0 fully saturated rings. The molecule has 2 N–H and O–H groups in total. The van der Waals surface area contributed by atoms with Crippen LogP contribution in [-0.4, -0.2) is 6.54 Å². The smallest absolute Gasteiger partial charge is 0.134 e. The van der Waals surface area contributed by atoms with E-state index in [9.17, 15) is 0 Å². The van der Waals surface area contributed by atoms with Crippen molar-refractivity contribution >= 4 is 15.9 Å². The van der Waals surface area contributed by atoms with E-state index in [0.29, 0.717) is 13.2 Å². The van der Waals surface area contributed by atoms with Crippen LogP contribution in [0, 0.1) is 6.92 Å². The van der Waals surface area contributed by atoms with Gasteiger partial charge in [-0.25, -0.2) is 0 Å². The summed E-state index contributed by atoms with van der Waals surface area (Å²) >= 11 is 3.54. The summed E-state index contributed by atoms with van der Waals surface area (Å²) in [5.74, 6) is 0.865. The molecule has 0 spiro atoms. The number of ether oxygens (including phenoxy) is 1. The number of benzene rings is 2. The van der Waals surface area contributed by atoms with Crippen molar-refractivity contribution in [1.29, 1.82) is 0 Å². The maximum Gasteiger partial charge on any atom is 0.134 e. The molecule has 2 aromatic carbocycles. The summed E-state index contributed by atoms with van der Waals surface area (Å²) in [5, 5.41) is 0. The first-order chi connectivity index (χ1) is 9.20. The van der Waals surface area contributed by atoms with Crippen molar-refractivity contribution in [2.45, 2.75) is 20.0 Å². The van der Waals surface area contributed by atoms with Crippen molar-refractivity contribution in [3.05, 3.63) is 63.6 Å². The van der Waals surface area contributed by atoms with Gasteiger partial charge < -0.3 is 10.5 Å². The van der Waals surface area contributed by atoms with Crippen molar-refractivity contribution in [1.82, 2.24) is 0 Å². The van der Waals surface area contributed by atoms with Gasteiger partial charge in [0.15, 0.2) is 0 Å². The molecular formula is C16H18BrNO. The fourth-order valence-electron chi connectivity index (χ4n) is 1.91. The molecule has 0 saturated heterocycles. The normalized spacial score (nSPS) is 10.5. The van der Waals surface area contributed by atoms with Gasteiger partial charge >= 0.3 is 0 Å². The van der Waals surface area contributed by atoms with Gasteiger partial charge in [0.25, 0.3) is 0 Å². The minimum Gasteiger partial charge on any atom is -0.488 e. The topological polar surface area (TPSA) is 35.2 Å². The Kier molecular flexibility index (Phi) is 5.00. The molecule has 0 amide bonds. The van der Waals surface area contributed by atoms with Crippen molar-refractivity contribution < 1.29 is 4.74 Å². The fraction of sp³-hybridized carbons (Fsp3) is 0.250. The van der Waals surface area contributed by atoms with Crippen LogP contribution in [0.25, 0.3) is 0 Å². The number of hydrogen-bond donors (Lipinski definition) is 1. The molecule has 0 radical (unpaired) electrons. The minimum absolute atomic E-state index is 0.585. The van der Waals surface area contributed by atoms with Crippen LogP contribution in [0.2, 0.25) is 0 Å². The lowest BCUT2D eigenvalue weighted by Gasteiger charge is -2.11. The number of rotatable bonds is 5. The molecule has 100 valence electrons. The third-order valence-corrected chi connectivity index (χ3v) is 3.69. The quantitative estimate of drug-likeness (QED) is 0.908. The third-order valence-electron chi connectivity index (χ3n) is 3.07. The van der Waals surface area contributed by atoms with Crippen LogP contribution in [0.15, 0.2) is 46.9 Å². The molecule has 3 heteroatoms. The number of halogens is 1. The maximum absolute atomic E-state index is 5.86. The summed E-state index contributed by atoms with van der Waals surface area (Å²) in [6.07, 6.45) is 0.886. The zero-order chi connectivity index (χ0) is 13.7. The first kappa shape index (κ1) is 14.1. The van der Waals surface area contributed by atoms with Crippen LogP contribution in [0.3, 0.4) is 0 Å². The van der Waals surface area contributed by atoms with Gasteiger partial charge in [-0.1, -0.05) is 30.3 Å². The van der Waals surface area contributed by atoms with E-state index in [1.54, 1.807) is 0 Å². The molecule has 2 rings (SSSR count). The highest BCUT2D eigenvalue weighted by atomic mass is 79.9. The fourth-order valence-corrected chi connectivity index (χ4v) is 2.45. The maximum atomic E-state index is 5.86. The molecule has 19 heavy (non-hydrogen) atoms. The molecule has 2 nitrogen and oxygen atoms in total. The minimum atomic E-state index is 0.585. The summed E-state index contributed by atoms with van der Waals surface area (Å²) in [6, 6.07) is 14.4. The van der Waals surface area contributed by atoms with E-state index >= 15 is 0 Å². The molecule has 0 aliphatic heterocycles. The lowest BCUT2D eigenvalue weighted by Crippen LogP contribution is -2.03. The highest BCUT2D eigenvalue weighted by Crippen LogP contribution is 2.27. The van der Waals surface area contributed by atoms with Crippen molar-refractivity contribution in [3.63, 3.8) is 0 Å². The Bertz CT molecular complexity index is 554. The second-order valence-corrected chi connectivity index (χ2v) is 5.37. The Balaban J connectivity index is 2.06. The Morgan fingerprint density at radius 3 is 2.63 bits per heavy atom. The predicted molar refractivity (Wildman–Crippen MR) is 82.4 cm³/mol. The van der Waals surface area contributed by atoms with Gasteiger partial charge in [-0.15, -0.1) is 0 Å².